The number of halogens is 1. The second-order valence-electron chi connectivity index (χ2n) is 11.2. The number of amides is 2. The van der Waals surface area contributed by atoms with Crippen molar-refractivity contribution in [2.45, 2.75) is 44.2 Å². The number of hydrogen-bond donors (Lipinski definition) is 4. The molecule has 5 rings (SSSR count). The molecule has 1 saturated carbocycles. The monoisotopic (exact) mass is 586 g/mol. The van der Waals surface area contributed by atoms with E-state index < -0.39 is 5.54 Å². The molecule has 0 saturated heterocycles. The van der Waals surface area contributed by atoms with Gasteiger partial charge in [-0.15, -0.1) is 0 Å². The number of nitrogens with zero attached hydrogens (tertiary/aromatic N) is 4. The molecule has 1 aliphatic carbocycles. The highest BCUT2D eigenvalue weighted by atomic mass is 35.5. The van der Waals surface area contributed by atoms with Crippen LogP contribution in [0.2, 0.25) is 5.02 Å². The maximum absolute atomic E-state index is 13.1. The Balaban J connectivity index is 1.21. The molecule has 0 bridgehead atoms. The van der Waals surface area contributed by atoms with Crippen LogP contribution in [0.3, 0.4) is 0 Å². The molecule has 0 spiro atoms. The number of H-pyrrole nitrogens is 1. The van der Waals surface area contributed by atoms with Gasteiger partial charge in [0.15, 0.2) is 0 Å². The zero-order valence-electron chi connectivity index (χ0n) is 23.9. The fraction of sp³-hybridized carbons (Fsp3) is 0.323. The minimum Gasteiger partial charge on any atom is -0.360 e. The predicted molar refractivity (Wildman–Crippen MR) is 167 cm³/mol. The van der Waals surface area contributed by atoms with Gasteiger partial charge in [-0.2, -0.15) is 0 Å². The van der Waals surface area contributed by atoms with E-state index >= 15 is 0 Å². The SMILES string of the molecule is CN(C)C/C=C/C(=O)Nc1ccc(C(=O)N[C@@]2(C)CCC[C@@H](Nc3ncc(Cl)c(-c4c[nH]c5ccccc45)n3)C2)nc1. The van der Waals surface area contributed by atoms with E-state index in [-0.39, 0.29) is 23.6 Å². The van der Waals surface area contributed by atoms with E-state index in [1.54, 1.807) is 24.4 Å². The summed E-state index contributed by atoms with van der Waals surface area (Å²) in [5.41, 5.74) is 2.96. The van der Waals surface area contributed by atoms with Crippen LogP contribution in [0.25, 0.3) is 22.2 Å². The van der Waals surface area contributed by atoms with Crippen molar-refractivity contribution in [3.63, 3.8) is 0 Å². The van der Waals surface area contributed by atoms with Crippen molar-refractivity contribution in [3.8, 4) is 11.3 Å². The number of benzene rings is 1. The van der Waals surface area contributed by atoms with Crippen LogP contribution < -0.4 is 16.0 Å². The minimum atomic E-state index is -0.440. The van der Waals surface area contributed by atoms with Crippen molar-refractivity contribution < 1.29 is 9.59 Å². The molecule has 0 aliphatic heterocycles. The summed E-state index contributed by atoms with van der Waals surface area (Å²) in [7, 11) is 3.85. The Labute approximate surface area is 250 Å². The van der Waals surface area contributed by atoms with Gasteiger partial charge in [0.25, 0.3) is 5.91 Å². The number of aromatic nitrogens is 4. The molecule has 10 nitrogen and oxygen atoms in total. The molecule has 2 atom stereocenters. The number of carbonyl (C=O) groups excluding carboxylic acids is 2. The standard InChI is InChI=1S/C31H35ClN8O2/c1-31(39-29(42)26-13-12-21(17-33-26)36-27(41)11-7-15-40(2)3)14-6-8-20(16-31)37-30-35-19-24(32)28(38-30)23-18-34-25-10-5-4-9-22(23)25/h4-5,7,9-13,17-20,34H,6,8,14-16H2,1-3H3,(H,36,41)(H,39,42)(H,35,37,38)/b11-7+/t20-,31+/m1/s1. The molecule has 11 heteroatoms. The second kappa shape index (κ2) is 12.7. The first kappa shape index (κ1) is 29.2. The summed E-state index contributed by atoms with van der Waals surface area (Å²) in [4.78, 5) is 43.9. The molecule has 0 unspecified atom stereocenters. The first-order valence-corrected chi connectivity index (χ1v) is 14.3. The van der Waals surface area contributed by atoms with Gasteiger partial charge in [0.2, 0.25) is 11.9 Å². The van der Waals surface area contributed by atoms with Crippen molar-refractivity contribution >= 4 is 46.0 Å². The third kappa shape index (κ3) is 7.13. The van der Waals surface area contributed by atoms with E-state index in [4.69, 9.17) is 16.6 Å². The molecule has 3 aromatic heterocycles. The van der Waals surface area contributed by atoms with E-state index in [0.29, 0.717) is 35.3 Å². The van der Waals surface area contributed by atoms with Gasteiger partial charge in [0.05, 0.1) is 28.8 Å². The van der Waals surface area contributed by atoms with E-state index in [1.807, 2.05) is 56.4 Å². The third-order valence-corrected chi connectivity index (χ3v) is 7.60. The van der Waals surface area contributed by atoms with E-state index in [1.165, 1.54) is 12.3 Å². The Hall–Kier alpha value is -4.28. The van der Waals surface area contributed by atoms with Gasteiger partial charge in [0, 0.05) is 46.9 Å². The van der Waals surface area contributed by atoms with Crippen LogP contribution in [0.1, 0.15) is 43.1 Å². The maximum Gasteiger partial charge on any atom is 0.270 e. The number of anilines is 2. The summed E-state index contributed by atoms with van der Waals surface area (Å²) in [6, 6.07) is 11.4. The molecule has 4 N–H and O–H groups in total. The molecular weight excluding hydrogens is 552 g/mol. The van der Waals surface area contributed by atoms with Crippen LogP contribution in [0.15, 0.2) is 67.1 Å². The van der Waals surface area contributed by atoms with Crippen molar-refractivity contribution in [3.05, 3.63) is 77.9 Å². The molecule has 218 valence electrons. The topological polar surface area (TPSA) is 128 Å². The Morgan fingerprint density at radius 3 is 2.79 bits per heavy atom. The predicted octanol–water partition coefficient (Wildman–Crippen LogP) is 5.27. The molecule has 3 heterocycles. The van der Waals surface area contributed by atoms with Crippen LogP contribution in [0.4, 0.5) is 11.6 Å². The summed E-state index contributed by atoms with van der Waals surface area (Å²) < 4.78 is 0. The highest BCUT2D eigenvalue weighted by Crippen LogP contribution is 2.34. The normalized spacial score (nSPS) is 18.8. The summed E-state index contributed by atoms with van der Waals surface area (Å²) in [5.74, 6) is -0.00950. The molecule has 42 heavy (non-hydrogen) atoms. The fourth-order valence-electron chi connectivity index (χ4n) is 5.29. The number of likely N-dealkylation sites (N-methyl/N-ethyl adjacent to an activating group) is 1. The van der Waals surface area contributed by atoms with Gasteiger partial charge in [-0.3, -0.25) is 9.59 Å². The summed E-state index contributed by atoms with van der Waals surface area (Å²) in [6.07, 6.45) is 11.7. The number of nitrogens with one attached hydrogen (secondary N) is 4. The van der Waals surface area contributed by atoms with Gasteiger partial charge in [-0.05, 0) is 64.9 Å². The molecule has 1 fully saturated rings. The molecule has 1 aromatic carbocycles. The van der Waals surface area contributed by atoms with E-state index in [0.717, 1.165) is 35.7 Å². The van der Waals surface area contributed by atoms with Crippen LogP contribution in [0.5, 0.6) is 0 Å². The van der Waals surface area contributed by atoms with Crippen molar-refractivity contribution in [2.24, 2.45) is 0 Å². The van der Waals surface area contributed by atoms with Crippen LogP contribution in [-0.4, -0.2) is 68.9 Å². The Morgan fingerprint density at radius 2 is 2.00 bits per heavy atom. The van der Waals surface area contributed by atoms with Crippen LogP contribution in [-0.2, 0) is 4.79 Å². The summed E-state index contributed by atoms with van der Waals surface area (Å²) in [5, 5.41) is 10.9. The number of fused-ring (bicyclic) bond motifs is 1. The number of para-hydroxylation sites is 1. The van der Waals surface area contributed by atoms with Gasteiger partial charge < -0.3 is 25.8 Å². The average Bonchev–Trinajstić information content (AvgIpc) is 3.38. The van der Waals surface area contributed by atoms with Gasteiger partial charge >= 0.3 is 0 Å². The lowest BCUT2D eigenvalue weighted by atomic mass is 9.80. The quantitative estimate of drug-likeness (QED) is 0.197. The lowest BCUT2D eigenvalue weighted by molar-refractivity contribution is -0.111. The zero-order valence-corrected chi connectivity index (χ0v) is 24.7. The molecule has 0 radical (unpaired) electrons. The Morgan fingerprint density at radius 1 is 1.17 bits per heavy atom. The average molecular weight is 587 g/mol. The number of hydrogen-bond acceptors (Lipinski definition) is 7. The minimum absolute atomic E-state index is 0.0622. The van der Waals surface area contributed by atoms with E-state index in [9.17, 15) is 9.59 Å². The van der Waals surface area contributed by atoms with Crippen LogP contribution >= 0.6 is 11.6 Å². The van der Waals surface area contributed by atoms with Crippen molar-refractivity contribution in [1.29, 1.82) is 0 Å². The summed E-state index contributed by atoms with van der Waals surface area (Å²) >= 11 is 6.51. The lowest BCUT2D eigenvalue weighted by Gasteiger charge is -2.39. The Kier molecular flexibility index (Phi) is 8.84. The Bertz CT molecular complexity index is 1600. The molecule has 4 aromatic rings. The molecule has 1 aliphatic rings. The first-order chi connectivity index (χ1) is 20.2. The summed E-state index contributed by atoms with van der Waals surface area (Å²) in [6.45, 7) is 2.71. The number of carbonyl (C=O) groups is 2. The second-order valence-corrected chi connectivity index (χ2v) is 11.6. The lowest BCUT2D eigenvalue weighted by Crippen LogP contribution is -2.51. The van der Waals surface area contributed by atoms with Gasteiger partial charge in [-0.1, -0.05) is 35.9 Å². The number of rotatable bonds is 9. The first-order valence-electron chi connectivity index (χ1n) is 14.0. The van der Waals surface area contributed by atoms with Crippen LogP contribution in [0, 0.1) is 0 Å². The van der Waals surface area contributed by atoms with Crippen molar-refractivity contribution in [2.75, 3.05) is 31.3 Å². The smallest absolute Gasteiger partial charge is 0.270 e. The molecule has 2 amide bonds. The van der Waals surface area contributed by atoms with Gasteiger partial charge in [0.1, 0.15) is 5.69 Å². The van der Waals surface area contributed by atoms with Gasteiger partial charge in [-0.25, -0.2) is 15.0 Å². The highest BCUT2D eigenvalue weighted by molar-refractivity contribution is 6.33. The molecular formula is C31H35ClN8O2. The third-order valence-electron chi connectivity index (χ3n) is 7.32. The maximum atomic E-state index is 13.1. The number of pyridine rings is 1. The van der Waals surface area contributed by atoms with Crippen molar-refractivity contribution in [1.82, 2.24) is 30.2 Å². The number of aromatic amines is 1. The fourth-order valence-corrected chi connectivity index (χ4v) is 5.49. The zero-order chi connectivity index (χ0) is 29.7. The highest BCUT2D eigenvalue weighted by Gasteiger charge is 2.34. The largest absolute Gasteiger partial charge is 0.360 e. The van der Waals surface area contributed by atoms with E-state index in [2.05, 4.69) is 30.9 Å².